The summed E-state index contributed by atoms with van der Waals surface area (Å²) < 4.78 is 0. The van der Waals surface area contributed by atoms with E-state index < -0.39 is 0 Å². The van der Waals surface area contributed by atoms with Gasteiger partial charge in [0.25, 0.3) is 0 Å². The van der Waals surface area contributed by atoms with Gasteiger partial charge < -0.3 is 10.2 Å². The minimum atomic E-state index is -0.0317. The molecule has 0 radical (unpaired) electrons. The maximum atomic E-state index is 12.5. The molecule has 0 fully saturated rings. The van der Waals surface area contributed by atoms with Crippen molar-refractivity contribution in [3.05, 3.63) is 29.3 Å². The van der Waals surface area contributed by atoms with Crippen LogP contribution >= 0.6 is 0 Å². The van der Waals surface area contributed by atoms with Crippen molar-refractivity contribution in [2.75, 3.05) is 11.9 Å². The maximum absolute atomic E-state index is 12.5. The summed E-state index contributed by atoms with van der Waals surface area (Å²) in [5, 5.41) is 3.15. The van der Waals surface area contributed by atoms with E-state index in [0.29, 0.717) is 6.04 Å². The molecule has 3 rings (SSSR count). The van der Waals surface area contributed by atoms with E-state index in [2.05, 4.69) is 30.4 Å². The number of nitrogens with zero attached hydrogens (tertiary/aromatic N) is 1. The van der Waals surface area contributed by atoms with Crippen molar-refractivity contribution >= 4 is 11.6 Å². The molecule has 0 saturated heterocycles. The van der Waals surface area contributed by atoms with Crippen LogP contribution in [0.4, 0.5) is 5.69 Å². The van der Waals surface area contributed by atoms with Crippen molar-refractivity contribution in [3.63, 3.8) is 0 Å². The van der Waals surface area contributed by atoms with Gasteiger partial charge in [0.05, 0.1) is 11.7 Å². The van der Waals surface area contributed by atoms with E-state index in [1.165, 1.54) is 16.8 Å². The molecular weight excluding hydrogens is 212 g/mol. The van der Waals surface area contributed by atoms with Crippen molar-refractivity contribution in [2.24, 2.45) is 0 Å². The van der Waals surface area contributed by atoms with Gasteiger partial charge in [-0.3, -0.25) is 4.79 Å². The normalized spacial score (nSPS) is 26.9. The molecule has 3 nitrogen and oxygen atoms in total. The third-order valence-corrected chi connectivity index (χ3v) is 3.99. The highest BCUT2D eigenvalue weighted by molar-refractivity contribution is 6.01. The number of carbonyl (C=O) groups is 1. The predicted octanol–water partition coefficient (Wildman–Crippen LogP) is 1.50. The fourth-order valence-electron chi connectivity index (χ4n) is 3.14. The Hall–Kier alpha value is -1.35. The van der Waals surface area contributed by atoms with E-state index in [9.17, 15) is 4.79 Å². The zero-order valence-corrected chi connectivity index (χ0v) is 10.4. The summed E-state index contributed by atoms with van der Waals surface area (Å²) in [5.74, 6) is 0.240. The Bertz CT molecular complexity index is 469. The molecule has 0 saturated carbocycles. The average Bonchev–Trinajstić information content (AvgIpc) is 2.57. The van der Waals surface area contributed by atoms with Crippen molar-refractivity contribution in [1.29, 1.82) is 0 Å². The Kier molecular flexibility index (Phi) is 2.44. The van der Waals surface area contributed by atoms with Crippen LogP contribution in [-0.4, -0.2) is 25.0 Å². The smallest absolute Gasteiger partial charge is 0.244 e. The molecule has 0 aromatic heterocycles. The van der Waals surface area contributed by atoms with Crippen LogP contribution in [0.5, 0.6) is 0 Å². The molecule has 2 unspecified atom stereocenters. The first kappa shape index (κ1) is 10.8. The first-order valence-corrected chi connectivity index (χ1v) is 6.33. The quantitative estimate of drug-likeness (QED) is 0.793. The van der Waals surface area contributed by atoms with Gasteiger partial charge in [-0.15, -0.1) is 0 Å². The molecule has 1 aromatic rings. The number of likely N-dealkylation sites (N-methyl/N-ethyl adjacent to an activating group) is 1. The SMILES string of the molecule is CNC1CCc2cccc3c2N(C1=O)C(C)C3. The Labute approximate surface area is 102 Å². The number of anilines is 1. The topological polar surface area (TPSA) is 32.3 Å². The number of rotatable bonds is 1. The summed E-state index contributed by atoms with van der Waals surface area (Å²) in [6, 6.07) is 6.70. The van der Waals surface area contributed by atoms with Crippen molar-refractivity contribution in [3.8, 4) is 0 Å². The van der Waals surface area contributed by atoms with Gasteiger partial charge in [0, 0.05) is 6.04 Å². The number of carbonyl (C=O) groups excluding carboxylic acids is 1. The molecule has 0 aliphatic carbocycles. The number of nitrogens with one attached hydrogen (secondary N) is 1. The van der Waals surface area contributed by atoms with Crippen LogP contribution in [0.1, 0.15) is 24.5 Å². The summed E-state index contributed by atoms with van der Waals surface area (Å²) in [6.45, 7) is 2.14. The summed E-state index contributed by atoms with van der Waals surface area (Å²) in [6.07, 6.45) is 2.88. The van der Waals surface area contributed by atoms with Crippen LogP contribution in [0.3, 0.4) is 0 Å². The van der Waals surface area contributed by atoms with E-state index >= 15 is 0 Å². The minimum absolute atomic E-state index is 0.0317. The monoisotopic (exact) mass is 230 g/mol. The summed E-state index contributed by atoms with van der Waals surface area (Å²) >= 11 is 0. The molecule has 90 valence electrons. The van der Waals surface area contributed by atoms with Gasteiger partial charge in [-0.05, 0) is 44.4 Å². The molecule has 1 aromatic carbocycles. The Morgan fingerprint density at radius 3 is 2.88 bits per heavy atom. The molecule has 2 aliphatic heterocycles. The lowest BCUT2D eigenvalue weighted by atomic mass is 10.0. The third kappa shape index (κ3) is 1.49. The van der Waals surface area contributed by atoms with E-state index in [-0.39, 0.29) is 11.9 Å². The molecule has 17 heavy (non-hydrogen) atoms. The van der Waals surface area contributed by atoms with Gasteiger partial charge in [0.15, 0.2) is 0 Å². The molecule has 2 aliphatic rings. The Morgan fingerprint density at radius 1 is 1.35 bits per heavy atom. The van der Waals surface area contributed by atoms with Crippen LogP contribution < -0.4 is 10.2 Å². The molecular formula is C14H18N2O. The van der Waals surface area contributed by atoms with Crippen molar-refractivity contribution in [2.45, 2.75) is 38.3 Å². The van der Waals surface area contributed by atoms with Gasteiger partial charge >= 0.3 is 0 Å². The highest BCUT2D eigenvalue weighted by Crippen LogP contribution is 2.38. The predicted molar refractivity (Wildman–Crippen MR) is 68.3 cm³/mol. The van der Waals surface area contributed by atoms with Crippen LogP contribution in [0.25, 0.3) is 0 Å². The van der Waals surface area contributed by atoms with Crippen molar-refractivity contribution < 1.29 is 4.79 Å². The summed E-state index contributed by atoms with van der Waals surface area (Å²) in [7, 11) is 1.88. The van der Waals surface area contributed by atoms with Gasteiger partial charge in [-0.25, -0.2) is 0 Å². The summed E-state index contributed by atoms with van der Waals surface area (Å²) in [5.41, 5.74) is 3.86. The van der Waals surface area contributed by atoms with Crippen molar-refractivity contribution in [1.82, 2.24) is 5.32 Å². The number of hydrogen-bond donors (Lipinski definition) is 1. The fraction of sp³-hybridized carbons (Fsp3) is 0.500. The van der Waals surface area contributed by atoms with E-state index in [0.717, 1.165) is 19.3 Å². The number of amides is 1. The van der Waals surface area contributed by atoms with E-state index in [4.69, 9.17) is 0 Å². The molecule has 2 atom stereocenters. The van der Waals surface area contributed by atoms with Gasteiger partial charge in [-0.2, -0.15) is 0 Å². The fourth-order valence-corrected chi connectivity index (χ4v) is 3.14. The second-order valence-corrected chi connectivity index (χ2v) is 5.07. The lowest BCUT2D eigenvalue weighted by Crippen LogP contribution is -2.46. The first-order valence-electron chi connectivity index (χ1n) is 6.33. The zero-order valence-electron chi connectivity index (χ0n) is 10.4. The lowest BCUT2D eigenvalue weighted by Gasteiger charge is -2.25. The lowest BCUT2D eigenvalue weighted by molar-refractivity contribution is -0.120. The standard InChI is InChI=1S/C14H18N2O/c1-9-8-11-5-3-4-10-6-7-12(15-2)14(17)16(9)13(10)11/h3-5,9,12,15H,6-8H2,1-2H3. The van der Waals surface area contributed by atoms with Crippen LogP contribution in [0, 0.1) is 0 Å². The second-order valence-electron chi connectivity index (χ2n) is 5.07. The Balaban J connectivity index is 2.13. The van der Waals surface area contributed by atoms with Crippen LogP contribution in [0.15, 0.2) is 18.2 Å². The molecule has 1 amide bonds. The highest BCUT2D eigenvalue weighted by Gasteiger charge is 2.37. The first-order chi connectivity index (χ1) is 8.22. The van der Waals surface area contributed by atoms with Crippen LogP contribution in [0.2, 0.25) is 0 Å². The zero-order chi connectivity index (χ0) is 12.0. The average molecular weight is 230 g/mol. The van der Waals surface area contributed by atoms with Crippen LogP contribution in [-0.2, 0) is 17.6 Å². The molecule has 1 N–H and O–H groups in total. The molecule has 3 heteroatoms. The maximum Gasteiger partial charge on any atom is 0.244 e. The largest absolute Gasteiger partial charge is 0.309 e. The molecule has 0 spiro atoms. The van der Waals surface area contributed by atoms with E-state index in [1.807, 2.05) is 11.9 Å². The van der Waals surface area contributed by atoms with Gasteiger partial charge in [-0.1, -0.05) is 18.2 Å². The highest BCUT2D eigenvalue weighted by atomic mass is 16.2. The number of aryl methyl sites for hydroxylation is 1. The van der Waals surface area contributed by atoms with E-state index in [1.54, 1.807) is 0 Å². The second kappa shape index (κ2) is 3.84. The summed E-state index contributed by atoms with van der Waals surface area (Å²) in [4.78, 5) is 14.5. The number of hydrogen-bond acceptors (Lipinski definition) is 2. The third-order valence-electron chi connectivity index (χ3n) is 3.99. The number of benzene rings is 1. The number of para-hydroxylation sites is 1. The molecule has 2 heterocycles. The van der Waals surface area contributed by atoms with Gasteiger partial charge in [0.2, 0.25) is 5.91 Å². The minimum Gasteiger partial charge on any atom is -0.309 e. The molecule has 0 bridgehead atoms. The van der Waals surface area contributed by atoms with Gasteiger partial charge in [0.1, 0.15) is 0 Å². The Morgan fingerprint density at radius 2 is 2.12 bits per heavy atom.